The molecule has 2 fully saturated rings. The minimum atomic E-state index is -0.894. The van der Waals surface area contributed by atoms with Crippen LogP contribution < -0.4 is 5.32 Å². The van der Waals surface area contributed by atoms with Gasteiger partial charge < -0.3 is 20.4 Å². The van der Waals surface area contributed by atoms with E-state index >= 15 is 0 Å². The molecule has 2 atom stereocenters. The fourth-order valence-corrected chi connectivity index (χ4v) is 6.40. The number of hydrogen-bond donors (Lipinski definition) is 4. The van der Waals surface area contributed by atoms with Gasteiger partial charge in [-0.15, -0.1) is 0 Å². The van der Waals surface area contributed by atoms with E-state index in [4.69, 9.17) is 4.98 Å². The summed E-state index contributed by atoms with van der Waals surface area (Å²) < 4.78 is 0. The van der Waals surface area contributed by atoms with Crippen LogP contribution in [0.3, 0.4) is 0 Å². The number of nitrogens with one attached hydrogen (secondary N) is 3. The molecule has 8 nitrogen and oxygen atoms in total. The van der Waals surface area contributed by atoms with Crippen LogP contribution in [0.1, 0.15) is 64.1 Å². The Bertz CT molecular complexity index is 1460. The van der Waals surface area contributed by atoms with Crippen molar-refractivity contribution in [2.75, 3.05) is 13.1 Å². The van der Waals surface area contributed by atoms with E-state index in [1.54, 1.807) is 4.90 Å². The number of rotatable bonds is 5. The van der Waals surface area contributed by atoms with Gasteiger partial charge in [-0.1, -0.05) is 69.3 Å². The van der Waals surface area contributed by atoms with Gasteiger partial charge in [0.05, 0.1) is 29.8 Å². The molecule has 0 aliphatic carbocycles. The Hall–Kier alpha value is -3.91. The van der Waals surface area contributed by atoms with Gasteiger partial charge in [0.25, 0.3) is 0 Å². The summed E-state index contributed by atoms with van der Waals surface area (Å²) in [6, 6.07) is 17.3. The van der Waals surface area contributed by atoms with Gasteiger partial charge in [0.1, 0.15) is 17.2 Å². The topological polar surface area (TPSA) is 110 Å². The van der Waals surface area contributed by atoms with E-state index < -0.39 is 11.6 Å². The molecule has 6 rings (SSSR count). The first-order chi connectivity index (χ1) is 18.8. The Morgan fingerprint density at radius 1 is 0.897 bits per heavy atom. The number of benzene rings is 2. The number of aromatic amines is 2. The van der Waals surface area contributed by atoms with Crippen LogP contribution in [0, 0.1) is 5.41 Å². The number of hydrogen-bond acceptors (Lipinski definition) is 4. The van der Waals surface area contributed by atoms with Gasteiger partial charge in [-0.05, 0) is 59.9 Å². The molecule has 2 aliphatic heterocycles. The summed E-state index contributed by atoms with van der Waals surface area (Å²) in [5.74, 6) is 1.73. The highest BCUT2D eigenvalue weighted by atomic mass is 16.4. The van der Waals surface area contributed by atoms with Crippen molar-refractivity contribution in [1.29, 1.82) is 0 Å². The fraction of sp³-hybridized carbons (Fsp3) is 0.387. The van der Waals surface area contributed by atoms with E-state index in [9.17, 15) is 9.90 Å². The molecule has 2 unspecified atom stereocenters. The molecule has 0 radical (unpaired) electrons. The van der Waals surface area contributed by atoms with Gasteiger partial charge >= 0.3 is 6.09 Å². The lowest BCUT2D eigenvalue weighted by atomic mass is 9.71. The van der Waals surface area contributed by atoms with Crippen LogP contribution in [0.25, 0.3) is 33.6 Å². The third kappa shape index (κ3) is 4.42. The zero-order chi connectivity index (χ0) is 27.2. The van der Waals surface area contributed by atoms with Crippen LogP contribution in [0.15, 0.2) is 60.9 Å². The zero-order valence-electron chi connectivity index (χ0n) is 22.8. The Morgan fingerprint density at radius 3 is 2.05 bits per heavy atom. The van der Waals surface area contributed by atoms with Crippen molar-refractivity contribution in [1.82, 2.24) is 30.2 Å². The molecule has 2 aliphatic rings. The average Bonchev–Trinajstić information content (AvgIpc) is 3.74. The SMILES string of the molecule is CC(C)(C)C1(c2ncc(-c3ccc(-c4ccc(-c5cnc(C6CCCN6)[nH]5)cc4)cc3)[nH]2)CCCN1C(=O)O. The molecule has 0 bridgehead atoms. The second-order valence-corrected chi connectivity index (χ2v) is 11.8. The Morgan fingerprint density at radius 2 is 1.49 bits per heavy atom. The molecule has 2 aromatic carbocycles. The number of amides is 1. The lowest BCUT2D eigenvalue weighted by Gasteiger charge is -2.45. The molecule has 4 N–H and O–H groups in total. The highest BCUT2D eigenvalue weighted by molar-refractivity contribution is 5.72. The van der Waals surface area contributed by atoms with Crippen molar-refractivity contribution in [2.45, 2.75) is 58.0 Å². The van der Waals surface area contributed by atoms with E-state index in [2.05, 4.69) is 89.6 Å². The third-order valence-electron chi connectivity index (χ3n) is 8.53. The second-order valence-electron chi connectivity index (χ2n) is 11.8. The van der Waals surface area contributed by atoms with Crippen LogP contribution in [-0.4, -0.2) is 49.1 Å². The first kappa shape index (κ1) is 25.4. The van der Waals surface area contributed by atoms with Gasteiger partial charge in [0.2, 0.25) is 0 Å². The van der Waals surface area contributed by atoms with Crippen LogP contribution in [0.5, 0.6) is 0 Å². The number of carbonyl (C=O) groups is 1. The smallest absolute Gasteiger partial charge is 0.408 e. The number of H-pyrrole nitrogens is 2. The predicted molar refractivity (Wildman–Crippen MR) is 152 cm³/mol. The first-order valence-corrected chi connectivity index (χ1v) is 13.8. The maximum atomic E-state index is 12.1. The molecular weight excluding hydrogens is 488 g/mol. The third-order valence-corrected chi connectivity index (χ3v) is 8.53. The Labute approximate surface area is 228 Å². The summed E-state index contributed by atoms with van der Waals surface area (Å²) >= 11 is 0. The average molecular weight is 525 g/mol. The summed E-state index contributed by atoms with van der Waals surface area (Å²) in [5, 5.41) is 13.4. The van der Waals surface area contributed by atoms with E-state index in [-0.39, 0.29) is 5.41 Å². The van der Waals surface area contributed by atoms with Crippen molar-refractivity contribution < 1.29 is 9.90 Å². The normalized spacial score (nSPS) is 21.5. The van der Waals surface area contributed by atoms with Gasteiger partial charge in [0, 0.05) is 6.54 Å². The molecule has 0 saturated carbocycles. The summed E-state index contributed by atoms with van der Waals surface area (Å²) in [6.45, 7) is 7.85. The maximum absolute atomic E-state index is 12.1. The lowest BCUT2D eigenvalue weighted by molar-refractivity contribution is 0.0217. The summed E-state index contributed by atoms with van der Waals surface area (Å²) in [6.07, 6.45) is 6.74. The largest absolute Gasteiger partial charge is 0.465 e. The van der Waals surface area contributed by atoms with E-state index in [0.717, 1.165) is 71.1 Å². The lowest BCUT2D eigenvalue weighted by Crippen LogP contribution is -2.53. The fourth-order valence-electron chi connectivity index (χ4n) is 6.40. The van der Waals surface area contributed by atoms with Crippen LogP contribution in [0.2, 0.25) is 0 Å². The molecule has 1 amide bonds. The van der Waals surface area contributed by atoms with Crippen LogP contribution in [-0.2, 0) is 5.54 Å². The molecule has 2 aromatic heterocycles. The van der Waals surface area contributed by atoms with Gasteiger partial charge in [-0.2, -0.15) is 0 Å². The van der Waals surface area contributed by atoms with Crippen molar-refractivity contribution in [3.63, 3.8) is 0 Å². The minimum Gasteiger partial charge on any atom is -0.465 e. The molecule has 2 saturated heterocycles. The summed E-state index contributed by atoms with van der Waals surface area (Å²) in [7, 11) is 0. The second kappa shape index (κ2) is 9.68. The minimum absolute atomic E-state index is 0.307. The molecule has 202 valence electrons. The molecule has 8 heteroatoms. The standard InChI is InChI=1S/C31H36N6O2/c1-30(2,3)31(15-5-17-37(31)29(38)39)28-34-19-26(36-28)23-13-9-21(10-14-23)20-7-11-22(12-8-20)25-18-33-27(35-25)24-6-4-16-32-24/h7-14,18-19,24,32H,4-6,15-17H2,1-3H3,(H,33,35)(H,34,36)(H,38,39). The monoisotopic (exact) mass is 524 g/mol. The van der Waals surface area contributed by atoms with Crippen molar-refractivity contribution in [3.05, 3.63) is 72.6 Å². The number of aromatic nitrogens is 4. The van der Waals surface area contributed by atoms with Gasteiger partial charge in [0.15, 0.2) is 0 Å². The van der Waals surface area contributed by atoms with Crippen LogP contribution in [0.4, 0.5) is 4.79 Å². The van der Waals surface area contributed by atoms with Crippen LogP contribution >= 0.6 is 0 Å². The Kier molecular flexibility index (Phi) is 6.30. The number of imidazole rings is 2. The molecule has 4 heterocycles. The van der Waals surface area contributed by atoms with E-state index in [0.29, 0.717) is 12.6 Å². The summed E-state index contributed by atoms with van der Waals surface area (Å²) in [5.41, 5.74) is 5.34. The quantitative estimate of drug-likeness (QED) is 0.236. The van der Waals surface area contributed by atoms with E-state index in [1.165, 1.54) is 6.42 Å². The van der Waals surface area contributed by atoms with Crippen molar-refractivity contribution in [2.24, 2.45) is 5.41 Å². The first-order valence-electron chi connectivity index (χ1n) is 13.8. The molecular formula is C31H36N6O2. The highest BCUT2D eigenvalue weighted by Crippen LogP contribution is 2.50. The van der Waals surface area contributed by atoms with Crippen molar-refractivity contribution >= 4 is 6.09 Å². The number of nitrogens with zero attached hydrogens (tertiary/aromatic N) is 3. The molecule has 4 aromatic rings. The molecule has 0 spiro atoms. The number of likely N-dealkylation sites (tertiary alicyclic amines) is 1. The number of carboxylic acid groups (broad SMARTS) is 1. The molecule has 39 heavy (non-hydrogen) atoms. The van der Waals surface area contributed by atoms with Gasteiger partial charge in [-0.3, -0.25) is 4.90 Å². The zero-order valence-corrected chi connectivity index (χ0v) is 22.8. The van der Waals surface area contributed by atoms with Gasteiger partial charge in [-0.25, -0.2) is 14.8 Å². The summed E-state index contributed by atoms with van der Waals surface area (Å²) in [4.78, 5) is 30.0. The van der Waals surface area contributed by atoms with E-state index in [1.807, 2.05) is 12.4 Å². The predicted octanol–water partition coefficient (Wildman–Crippen LogP) is 6.57. The Balaban J connectivity index is 1.21. The maximum Gasteiger partial charge on any atom is 0.408 e. The van der Waals surface area contributed by atoms with Crippen molar-refractivity contribution in [3.8, 4) is 33.6 Å². The highest BCUT2D eigenvalue weighted by Gasteiger charge is 2.55.